The maximum atomic E-state index is 11.0. The maximum absolute atomic E-state index is 11.0. The molecule has 22 heavy (non-hydrogen) atoms. The van der Waals surface area contributed by atoms with Gasteiger partial charge in [0, 0.05) is 19.5 Å². The lowest BCUT2D eigenvalue weighted by molar-refractivity contribution is -0.140. The molecule has 7 heteroatoms. The Labute approximate surface area is 136 Å². The molecule has 6 nitrogen and oxygen atoms in total. The molecule has 0 bridgehead atoms. The Hall–Kier alpha value is -2.02. The fourth-order valence-electron chi connectivity index (χ4n) is 1.77. The van der Waals surface area contributed by atoms with Crippen LogP contribution < -0.4 is 20.1 Å². The minimum Gasteiger partial charge on any atom is -0.493 e. The molecule has 0 spiro atoms. The van der Waals surface area contributed by atoms with Gasteiger partial charge in [-0.15, -0.1) is 0 Å². The highest BCUT2D eigenvalue weighted by Crippen LogP contribution is 2.27. The first-order chi connectivity index (χ1) is 10.6. The van der Waals surface area contributed by atoms with Crippen LogP contribution in [0.1, 0.15) is 18.4 Å². The second kappa shape index (κ2) is 9.83. The van der Waals surface area contributed by atoms with Crippen LogP contribution in [0.3, 0.4) is 0 Å². The zero-order valence-corrected chi connectivity index (χ0v) is 13.9. The highest BCUT2D eigenvalue weighted by molar-refractivity contribution is 7.80. The Bertz CT molecular complexity index is 508. The Morgan fingerprint density at radius 3 is 2.50 bits per heavy atom. The molecule has 2 N–H and O–H groups in total. The van der Waals surface area contributed by atoms with E-state index in [9.17, 15) is 4.79 Å². The van der Waals surface area contributed by atoms with Crippen molar-refractivity contribution in [3.05, 3.63) is 23.8 Å². The smallest absolute Gasteiger partial charge is 0.305 e. The molecule has 0 amide bonds. The number of nitrogens with one attached hydrogen (secondary N) is 2. The van der Waals surface area contributed by atoms with Gasteiger partial charge in [-0.3, -0.25) is 4.79 Å². The van der Waals surface area contributed by atoms with Gasteiger partial charge in [0.15, 0.2) is 16.6 Å². The summed E-state index contributed by atoms with van der Waals surface area (Å²) in [7, 11) is 4.58. The maximum Gasteiger partial charge on any atom is 0.305 e. The first kappa shape index (κ1) is 18.0. The van der Waals surface area contributed by atoms with Gasteiger partial charge in [-0.05, 0) is 36.3 Å². The largest absolute Gasteiger partial charge is 0.493 e. The lowest BCUT2D eigenvalue weighted by Gasteiger charge is -2.12. The van der Waals surface area contributed by atoms with E-state index < -0.39 is 0 Å². The normalized spacial score (nSPS) is 9.77. The third-order valence-electron chi connectivity index (χ3n) is 2.97. The molecule has 122 valence electrons. The third-order valence-corrected chi connectivity index (χ3v) is 3.26. The molecule has 0 aromatic heterocycles. The van der Waals surface area contributed by atoms with Crippen molar-refractivity contribution >= 4 is 23.3 Å². The molecule has 1 aromatic rings. The van der Waals surface area contributed by atoms with E-state index in [1.165, 1.54) is 7.11 Å². The number of carbonyl (C=O) groups excluding carboxylic acids is 1. The van der Waals surface area contributed by atoms with E-state index in [1.807, 2.05) is 18.2 Å². The first-order valence-electron chi connectivity index (χ1n) is 6.90. The van der Waals surface area contributed by atoms with Crippen LogP contribution >= 0.6 is 12.2 Å². The topological polar surface area (TPSA) is 68.8 Å². The summed E-state index contributed by atoms with van der Waals surface area (Å²) in [6, 6.07) is 5.68. The zero-order chi connectivity index (χ0) is 16.4. The second-order valence-electron chi connectivity index (χ2n) is 4.48. The molecule has 0 aliphatic heterocycles. The van der Waals surface area contributed by atoms with Crippen LogP contribution in [0.15, 0.2) is 18.2 Å². The van der Waals surface area contributed by atoms with Gasteiger partial charge in [0.25, 0.3) is 0 Å². The fourth-order valence-corrected chi connectivity index (χ4v) is 1.95. The van der Waals surface area contributed by atoms with Crippen molar-refractivity contribution in [1.29, 1.82) is 0 Å². The number of thiocarbonyl (C=S) groups is 1. The van der Waals surface area contributed by atoms with Crippen molar-refractivity contribution in [2.45, 2.75) is 19.4 Å². The van der Waals surface area contributed by atoms with Crippen LogP contribution in [0.2, 0.25) is 0 Å². The number of benzene rings is 1. The molecule has 0 heterocycles. The Kier molecular flexibility index (Phi) is 8.06. The van der Waals surface area contributed by atoms with E-state index >= 15 is 0 Å². The summed E-state index contributed by atoms with van der Waals surface area (Å²) in [6.45, 7) is 1.19. The van der Waals surface area contributed by atoms with E-state index in [-0.39, 0.29) is 5.97 Å². The third kappa shape index (κ3) is 6.17. The van der Waals surface area contributed by atoms with Gasteiger partial charge < -0.3 is 24.8 Å². The van der Waals surface area contributed by atoms with E-state index in [1.54, 1.807) is 14.2 Å². The zero-order valence-electron chi connectivity index (χ0n) is 13.1. The molecular weight excluding hydrogens is 304 g/mol. The van der Waals surface area contributed by atoms with Crippen molar-refractivity contribution < 1.29 is 19.0 Å². The summed E-state index contributed by atoms with van der Waals surface area (Å²) in [5, 5.41) is 6.68. The number of methoxy groups -OCH3 is 3. The van der Waals surface area contributed by atoms with Crippen LogP contribution in [0, 0.1) is 0 Å². The molecule has 0 aliphatic rings. The van der Waals surface area contributed by atoms with Crippen molar-refractivity contribution in [2.24, 2.45) is 0 Å². The number of hydrogen-bond acceptors (Lipinski definition) is 5. The average Bonchev–Trinajstić information content (AvgIpc) is 2.56. The monoisotopic (exact) mass is 326 g/mol. The van der Waals surface area contributed by atoms with Gasteiger partial charge in [-0.1, -0.05) is 6.07 Å². The number of ether oxygens (including phenoxy) is 3. The van der Waals surface area contributed by atoms with Gasteiger partial charge in [0.05, 0.1) is 21.3 Å². The van der Waals surface area contributed by atoms with Gasteiger partial charge in [0.1, 0.15) is 0 Å². The molecule has 0 aliphatic carbocycles. The van der Waals surface area contributed by atoms with Crippen molar-refractivity contribution in [3.8, 4) is 11.5 Å². The predicted octanol–water partition coefficient (Wildman–Crippen LogP) is 1.62. The summed E-state index contributed by atoms with van der Waals surface area (Å²) in [6.07, 6.45) is 1.05. The number of hydrogen-bond donors (Lipinski definition) is 2. The molecule has 0 atom stereocenters. The summed E-state index contributed by atoms with van der Waals surface area (Å²) in [5.41, 5.74) is 1.02. The summed E-state index contributed by atoms with van der Waals surface area (Å²) < 4.78 is 15.0. The van der Waals surface area contributed by atoms with Crippen LogP contribution in [0.25, 0.3) is 0 Å². The number of esters is 1. The molecular formula is C15H22N2O4S. The van der Waals surface area contributed by atoms with Crippen LogP contribution in [0.5, 0.6) is 11.5 Å². The predicted molar refractivity (Wildman–Crippen MR) is 88.2 cm³/mol. The lowest BCUT2D eigenvalue weighted by Crippen LogP contribution is -2.35. The minimum atomic E-state index is -0.217. The standard InChI is InChI=1S/C15H22N2O4S/c1-19-12-7-6-11(9-13(12)20-2)10-17-15(22)16-8-4-5-14(18)21-3/h6-7,9H,4-5,8,10H2,1-3H3,(H2,16,17,22). The second-order valence-corrected chi connectivity index (χ2v) is 4.89. The highest BCUT2D eigenvalue weighted by Gasteiger charge is 2.05. The summed E-state index contributed by atoms with van der Waals surface area (Å²) >= 11 is 5.18. The van der Waals surface area contributed by atoms with E-state index in [0.717, 1.165) is 5.56 Å². The minimum absolute atomic E-state index is 0.217. The van der Waals surface area contributed by atoms with Crippen LogP contribution in [-0.4, -0.2) is 39.0 Å². The van der Waals surface area contributed by atoms with Crippen LogP contribution in [-0.2, 0) is 16.1 Å². The highest BCUT2D eigenvalue weighted by atomic mass is 32.1. The van der Waals surface area contributed by atoms with Gasteiger partial charge in [0.2, 0.25) is 0 Å². The van der Waals surface area contributed by atoms with E-state index in [4.69, 9.17) is 21.7 Å². The Balaban J connectivity index is 2.33. The molecule has 0 unspecified atom stereocenters. The van der Waals surface area contributed by atoms with Gasteiger partial charge >= 0.3 is 5.97 Å². The van der Waals surface area contributed by atoms with Crippen molar-refractivity contribution in [3.63, 3.8) is 0 Å². The summed E-state index contributed by atoms with van der Waals surface area (Å²) in [5.74, 6) is 1.15. The Morgan fingerprint density at radius 2 is 1.86 bits per heavy atom. The van der Waals surface area contributed by atoms with Gasteiger partial charge in [-0.2, -0.15) is 0 Å². The van der Waals surface area contributed by atoms with Crippen LogP contribution in [0.4, 0.5) is 0 Å². The van der Waals surface area contributed by atoms with E-state index in [2.05, 4.69) is 15.4 Å². The molecule has 0 saturated carbocycles. The van der Waals surface area contributed by atoms with Gasteiger partial charge in [-0.25, -0.2) is 0 Å². The summed E-state index contributed by atoms with van der Waals surface area (Å²) in [4.78, 5) is 11.0. The molecule has 0 fully saturated rings. The number of rotatable bonds is 8. The SMILES string of the molecule is COC(=O)CCCNC(=S)NCc1ccc(OC)c(OC)c1. The van der Waals surface area contributed by atoms with Crippen molar-refractivity contribution in [1.82, 2.24) is 10.6 Å². The van der Waals surface area contributed by atoms with E-state index in [0.29, 0.717) is 42.5 Å². The molecule has 0 saturated heterocycles. The Morgan fingerprint density at radius 1 is 1.14 bits per heavy atom. The average molecular weight is 326 g/mol. The quantitative estimate of drug-likeness (QED) is 0.427. The molecule has 1 aromatic carbocycles. The van der Waals surface area contributed by atoms with Crippen molar-refractivity contribution in [2.75, 3.05) is 27.9 Å². The lowest BCUT2D eigenvalue weighted by atomic mass is 10.2. The number of carbonyl (C=O) groups is 1. The first-order valence-corrected chi connectivity index (χ1v) is 7.31. The molecule has 1 rings (SSSR count). The fraction of sp³-hybridized carbons (Fsp3) is 0.467. The molecule has 0 radical (unpaired) electrons.